The Bertz CT molecular complexity index is 459. The predicted octanol–water partition coefficient (Wildman–Crippen LogP) is 3.55. The number of hydrogen-bond donors (Lipinski definition) is 2. The fourth-order valence-electron chi connectivity index (χ4n) is 4.31. The second-order valence-corrected chi connectivity index (χ2v) is 8.47. The fraction of sp³-hybridized carbons (Fsp3) is 0.905. The van der Waals surface area contributed by atoms with Crippen LogP contribution in [-0.4, -0.2) is 49.0 Å². The third kappa shape index (κ3) is 5.88. The minimum Gasteiger partial charge on any atom is -0.357 e. The lowest BCUT2D eigenvalue weighted by Crippen LogP contribution is -2.50. The van der Waals surface area contributed by atoms with E-state index in [2.05, 4.69) is 43.2 Å². The highest BCUT2D eigenvalue weighted by Crippen LogP contribution is 2.37. The van der Waals surface area contributed by atoms with E-state index in [4.69, 9.17) is 4.99 Å². The van der Waals surface area contributed by atoms with Crippen LogP contribution in [0.5, 0.6) is 0 Å². The first-order chi connectivity index (χ1) is 12.5. The molecule has 2 rings (SSSR count). The molecule has 2 aliphatic rings. The molecule has 0 unspecified atom stereocenters. The van der Waals surface area contributed by atoms with Crippen LogP contribution in [0.2, 0.25) is 0 Å². The highest BCUT2D eigenvalue weighted by molar-refractivity contribution is 5.80. The van der Waals surface area contributed by atoms with Gasteiger partial charge in [-0.25, -0.2) is 0 Å². The monoisotopic (exact) mass is 364 g/mol. The summed E-state index contributed by atoms with van der Waals surface area (Å²) in [6.07, 6.45) is 9.20. The van der Waals surface area contributed by atoms with Crippen molar-refractivity contribution in [3.05, 3.63) is 0 Å². The molecule has 0 spiro atoms. The van der Waals surface area contributed by atoms with Gasteiger partial charge in [0, 0.05) is 38.1 Å². The Morgan fingerprint density at radius 3 is 2.31 bits per heavy atom. The van der Waals surface area contributed by atoms with Crippen LogP contribution in [0.15, 0.2) is 4.99 Å². The van der Waals surface area contributed by atoms with Gasteiger partial charge in [0.2, 0.25) is 5.91 Å². The van der Waals surface area contributed by atoms with Gasteiger partial charge >= 0.3 is 0 Å². The number of carbonyl (C=O) groups excluding carboxylic acids is 1. The van der Waals surface area contributed by atoms with Crippen molar-refractivity contribution < 1.29 is 4.79 Å². The first-order valence-corrected chi connectivity index (χ1v) is 10.8. The number of hydrogen-bond acceptors (Lipinski definition) is 2. The molecule has 1 aliphatic heterocycles. The minimum atomic E-state index is 0.200. The number of amides is 1. The van der Waals surface area contributed by atoms with Crippen LogP contribution < -0.4 is 10.6 Å². The SMILES string of the molecule is CCNC(=NCC1(C)CCCC1)NC1CCN(C(=O)C(CC)CC)CC1. The van der Waals surface area contributed by atoms with E-state index < -0.39 is 0 Å². The zero-order valence-corrected chi connectivity index (χ0v) is 17.4. The predicted molar refractivity (Wildman–Crippen MR) is 109 cm³/mol. The van der Waals surface area contributed by atoms with E-state index in [0.717, 1.165) is 57.8 Å². The topological polar surface area (TPSA) is 56.7 Å². The number of aliphatic imine (C=N–C) groups is 1. The molecule has 26 heavy (non-hydrogen) atoms. The van der Waals surface area contributed by atoms with Crippen molar-refractivity contribution in [2.24, 2.45) is 16.3 Å². The Kier molecular flexibility index (Phi) is 8.23. The van der Waals surface area contributed by atoms with E-state index in [0.29, 0.717) is 17.4 Å². The van der Waals surface area contributed by atoms with Crippen molar-refractivity contribution in [3.8, 4) is 0 Å². The second kappa shape index (κ2) is 10.2. The van der Waals surface area contributed by atoms with Crippen molar-refractivity contribution >= 4 is 11.9 Å². The van der Waals surface area contributed by atoms with Crippen LogP contribution in [0.4, 0.5) is 0 Å². The standard InChI is InChI=1S/C21H40N4O/c1-5-17(6-2)19(26)25-14-10-18(11-15-25)24-20(22-7-3)23-16-21(4)12-8-9-13-21/h17-18H,5-16H2,1-4H3,(H2,22,23,24). The summed E-state index contributed by atoms with van der Waals surface area (Å²) in [7, 11) is 0. The molecule has 0 aromatic carbocycles. The quantitative estimate of drug-likeness (QED) is 0.536. The van der Waals surface area contributed by atoms with Gasteiger partial charge in [0.05, 0.1) is 0 Å². The molecule has 5 heteroatoms. The first kappa shape index (κ1) is 21.0. The number of guanidine groups is 1. The van der Waals surface area contributed by atoms with Gasteiger partial charge in [-0.1, -0.05) is 33.6 Å². The highest BCUT2D eigenvalue weighted by Gasteiger charge is 2.29. The molecule has 0 bridgehead atoms. The molecule has 0 atom stereocenters. The maximum atomic E-state index is 12.5. The summed E-state index contributed by atoms with van der Waals surface area (Å²) in [5.74, 6) is 1.50. The van der Waals surface area contributed by atoms with E-state index in [1.54, 1.807) is 0 Å². The lowest BCUT2D eigenvalue weighted by atomic mass is 9.89. The zero-order chi connectivity index (χ0) is 19.0. The highest BCUT2D eigenvalue weighted by atomic mass is 16.2. The number of nitrogens with zero attached hydrogens (tertiary/aromatic N) is 2. The zero-order valence-electron chi connectivity index (χ0n) is 17.4. The summed E-state index contributed by atoms with van der Waals surface area (Å²) in [5.41, 5.74) is 0.382. The van der Waals surface area contributed by atoms with E-state index in [1.807, 2.05) is 0 Å². The van der Waals surface area contributed by atoms with E-state index in [-0.39, 0.29) is 5.92 Å². The fourth-order valence-corrected chi connectivity index (χ4v) is 4.31. The largest absolute Gasteiger partial charge is 0.357 e. The summed E-state index contributed by atoms with van der Waals surface area (Å²) in [6, 6.07) is 0.412. The average molecular weight is 365 g/mol. The molecule has 1 heterocycles. The summed E-state index contributed by atoms with van der Waals surface area (Å²) in [6.45, 7) is 12.2. The molecule has 2 fully saturated rings. The molecule has 1 saturated carbocycles. The van der Waals surface area contributed by atoms with Crippen LogP contribution in [0.1, 0.15) is 79.1 Å². The second-order valence-electron chi connectivity index (χ2n) is 8.47. The maximum absolute atomic E-state index is 12.5. The van der Waals surface area contributed by atoms with Crippen LogP contribution in [0, 0.1) is 11.3 Å². The summed E-state index contributed by atoms with van der Waals surface area (Å²) >= 11 is 0. The Balaban J connectivity index is 1.84. The van der Waals surface area contributed by atoms with Gasteiger partial charge in [0.25, 0.3) is 0 Å². The smallest absolute Gasteiger partial charge is 0.225 e. The third-order valence-corrected chi connectivity index (χ3v) is 6.26. The van der Waals surface area contributed by atoms with Gasteiger partial charge in [0.1, 0.15) is 0 Å². The minimum absolute atomic E-state index is 0.200. The van der Waals surface area contributed by atoms with Crippen molar-refractivity contribution in [1.29, 1.82) is 0 Å². The van der Waals surface area contributed by atoms with Crippen molar-refractivity contribution in [1.82, 2.24) is 15.5 Å². The molecule has 150 valence electrons. The molecule has 5 nitrogen and oxygen atoms in total. The van der Waals surface area contributed by atoms with Gasteiger partial charge in [0.15, 0.2) is 5.96 Å². The van der Waals surface area contributed by atoms with Crippen LogP contribution in [-0.2, 0) is 4.79 Å². The number of nitrogens with one attached hydrogen (secondary N) is 2. The Hall–Kier alpha value is -1.26. The lowest BCUT2D eigenvalue weighted by molar-refractivity contribution is -0.136. The number of carbonyl (C=O) groups is 1. The summed E-state index contributed by atoms with van der Waals surface area (Å²) < 4.78 is 0. The molecule has 1 aliphatic carbocycles. The van der Waals surface area contributed by atoms with Crippen molar-refractivity contribution in [2.75, 3.05) is 26.2 Å². The van der Waals surface area contributed by atoms with Crippen LogP contribution >= 0.6 is 0 Å². The van der Waals surface area contributed by atoms with E-state index in [9.17, 15) is 4.79 Å². The normalized spacial score (nSPS) is 21.3. The van der Waals surface area contributed by atoms with Gasteiger partial charge in [-0.2, -0.15) is 0 Å². The average Bonchev–Trinajstić information content (AvgIpc) is 3.08. The molecule has 1 amide bonds. The van der Waals surface area contributed by atoms with Crippen LogP contribution in [0.25, 0.3) is 0 Å². The third-order valence-electron chi connectivity index (χ3n) is 6.26. The molecule has 0 radical (unpaired) electrons. The molecular weight excluding hydrogens is 324 g/mol. The van der Waals surface area contributed by atoms with Gasteiger partial charge in [-0.15, -0.1) is 0 Å². The summed E-state index contributed by atoms with van der Waals surface area (Å²) in [5, 5.41) is 7.02. The Morgan fingerprint density at radius 1 is 1.15 bits per heavy atom. The lowest BCUT2D eigenvalue weighted by Gasteiger charge is -2.35. The Labute approximate surface area is 160 Å². The van der Waals surface area contributed by atoms with Gasteiger partial charge in [-0.3, -0.25) is 9.79 Å². The van der Waals surface area contributed by atoms with Crippen molar-refractivity contribution in [2.45, 2.75) is 85.1 Å². The first-order valence-electron chi connectivity index (χ1n) is 10.8. The Morgan fingerprint density at radius 2 is 1.77 bits per heavy atom. The number of rotatable bonds is 7. The van der Waals surface area contributed by atoms with E-state index >= 15 is 0 Å². The number of likely N-dealkylation sites (tertiary alicyclic amines) is 1. The molecule has 0 aromatic heterocycles. The van der Waals surface area contributed by atoms with Crippen LogP contribution in [0.3, 0.4) is 0 Å². The maximum Gasteiger partial charge on any atom is 0.225 e. The molecular formula is C21H40N4O. The molecule has 2 N–H and O–H groups in total. The van der Waals surface area contributed by atoms with Gasteiger partial charge in [-0.05, 0) is 50.9 Å². The van der Waals surface area contributed by atoms with Gasteiger partial charge < -0.3 is 15.5 Å². The molecule has 1 saturated heterocycles. The van der Waals surface area contributed by atoms with Crippen molar-refractivity contribution in [3.63, 3.8) is 0 Å². The number of piperidine rings is 1. The summed E-state index contributed by atoms with van der Waals surface area (Å²) in [4.78, 5) is 19.5. The van der Waals surface area contributed by atoms with E-state index in [1.165, 1.54) is 25.7 Å². The molecule has 0 aromatic rings.